The van der Waals surface area contributed by atoms with E-state index in [0.29, 0.717) is 17.4 Å². The Bertz CT molecular complexity index is 478. The van der Waals surface area contributed by atoms with E-state index in [9.17, 15) is 8.42 Å². The first-order chi connectivity index (χ1) is 7.83. The van der Waals surface area contributed by atoms with Gasteiger partial charge in [0.2, 0.25) is 10.0 Å². The van der Waals surface area contributed by atoms with Gasteiger partial charge in [0, 0.05) is 6.54 Å². The summed E-state index contributed by atoms with van der Waals surface area (Å²) in [6.07, 6.45) is 0.851. The number of nitrogens with one attached hydrogen (secondary N) is 1. The van der Waals surface area contributed by atoms with Crippen molar-refractivity contribution in [1.82, 2.24) is 4.72 Å². The van der Waals surface area contributed by atoms with Crippen LogP contribution >= 0.6 is 0 Å². The Morgan fingerprint density at radius 3 is 2.35 bits per heavy atom. The minimum Gasteiger partial charge on any atom is -0.211 e. The topological polar surface area (TPSA) is 46.2 Å². The smallest absolute Gasteiger partial charge is 0.211 e. The van der Waals surface area contributed by atoms with Gasteiger partial charge in [-0.3, -0.25) is 0 Å². The van der Waals surface area contributed by atoms with Crippen molar-refractivity contribution in [3.8, 4) is 0 Å². The Morgan fingerprint density at radius 1 is 1.18 bits per heavy atom. The Kier molecular flexibility index (Phi) is 4.71. The summed E-state index contributed by atoms with van der Waals surface area (Å²) in [5.74, 6) is 0.498. The molecule has 4 heteroatoms. The fourth-order valence-electron chi connectivity index (χ4n) is 1.45. The molecule has 0 atom stereocenters. The predicted molar refractivity (Wildman–Crippen MR) is 70.6 cm³/mol. The fourth-order valence-corrected chi connectivity index (χ4v) is 2.58. The van der Waals surface area contributed by atoms with Crippen LogP contribution in [0.15, 0.2) is 23.1 Å². The van der Waals surface area contributed by atoms with E-state index in [4.69, 9.17) is 0 Å². The van der Waals surface area contributed by atoms with Crippen LogP contribution in [0.4, 0.5) is 0 Å². The molecule has 0 unspecified atom stereocenters. The standard InChI is InChI=1S/C13H21NO2S/c1-10(2)7-8-14-17(15,16)13-6-5-11(3)12(4)9-13/h5-6,9-10,14H,7-8H2,1-4H3. The zero-order chi connectivity index (χ0) is 13.1. The summed E-state index contributed by atoms with van der Waals surface area (Å²) in [5.41, 5.74) is 2.10. The number of hydrogen-bond acceptors (Lipinski definition) is 2. The molecule has 96 valence electrons. The van der Waals surface area contributed by atoms with Crippen LogP contribution < -0.4 is 4.72 Å². The zero-order valence-electron chi connectivity index (χ0n) is 10.9. The molecule has 1 N–H and O–H groups in total. The molecule has 3 nitrogen and oxygen atoms in total. The lowest BCUT2D eigenvalue weighted by Gasteiger charge is -2.09. The summed E-state index contributed by atoms with van der Waals surface area (Å²) in [6, 6.07) is 5.21. The SMILES string of the molecule is Cc1ccc(S(=O)(=O)NCCC(C)C)cc1C. The molecule has 17 heavy (non-hydrogen) atoms. The first-order valence-corrected chi connectivity index (χ1v) is 7.38. The van der Waals surface area contributed by atoms with E-state index in [1.54, 1.807) is 12.1 Å². The lowest BCUT2D eigenvalue weighted by Crippen LogP contribution is -2.25. The summed E-state index contributed by atoms with van der Waals surface area (Å²) in [6.45, 7) is 8.53. The van der Waals surface area contributed by atoms with Crippen molar-refractivity contribution in [2.75, 3.05) is 6.54 Å². The van der Waals surface area contributed by atoms with Crippen LogP contribution in [0.1, 0.15) is 31.4 Å². The summed E-state index contributed by atoms with van der Waals surface area (Å²) in [7, 11) is -3.35. The van der Waals surface area contributed by atoms with E-state index < -0.39 is 10.0 Å². The van der Waals surface area contributed by atoms with Crippen LogP contribution in [-0.2, 0) is 10.0 Å². The monoisotopic (exact) mass is 255 g/mol. The maximum absolute atomic E-state index is 12.0. The van der Waals surface area contributed by atoms with Crippen molar-refractivity contribution in [2.24, 2.45) is 5.92 Å². The van der Waals surface area contributed by atoms with Crippen LogP contribution in [0, 0.1) is 19.8 Å². The number of benzene rings is 1. The molecule has 0 saturated heterocycles. The molecule has 0 saturated carbocycles. The van der Waals surface area contributed by atoms with E-state index in [-0.39, 0.29) is 0 Å². The summed E-state index contributed by atoms with van der Waals surface area (Å²) < 4.78 is 26.6. The molecule has 0 spiro atoms. The third-order valence-electron chi connectivity index (χ3n) is 2.80. The molecular formula is C13H21NO2S. The van der Waals surface area contributed by atoms with Crippen LogP contribution in [0.3, 0.4) is 0 Å². The van der Waals surface area contributed by atoms with Gasteiger partial charge in [0.05, 0.1) is 4.90 Å². The maximum atomic E-state index is 12.0. The Labute approximate surface area is 104 Å². The molecule has 0 aliphatic rings. The normalized spacial score (nSPS) is 12.1. The van der Waals surface area contributed by atoms with Gasteiger partial charge in [-0.15, -0.1) is 0 Å². The quantitative estimate of drug-likeness (QED) is 0.879. The van der Waals surface area contributed by atoms with Gasteiger partial charge in [-0.25, -0.2) is 13.1 Å². The van der Waals surface area contributed by atoms with Crippen LogP contribution in [0.2, 0.25) is 0 Å². The number of sulfonamides is 1. The Morgan fingerprint density at radius 2 is 1.82 bits per heavy atom. The third-order valence-corrected chi connectivity index (χ3v) is 4.26. The molecule has 0 radical (unpaired) electrons. The van der Waals surface area contributed by atoms with Gasteiger partial charge < -0.3 is 0 Å². The average Bonchev–Trinajstić information content (AvgIpc) is 2.21. The van der Waals surface area contributed by atoms with Gasteiger partial charge >= 0.3 is 0 Å². The van der Waals surface area contributed by atoms with Gasteiger partial charge in [0.1, 0.15) is 0 Å². The molecule has 0 fully saturated rings. The third kappa shape index (κ3) is 4.13. The van der Waals surface area contributed by atoms with Crippen LogP contribution in [-0.4, -0.2) is 15.0 Å². The largest absolute Gasteiger partial charge is 0.240 e. The van der Waals surface area contributed by atoms with Crippen molar-refractivity contribution in [1.29, 1.82) is 0 Å². The molecule has 1 rings (SSSR count). The van der Waals surface area contributed by atoms with Crippen molar-refractivity contribution in [3.05, 3.63) is 29.3 Å². The van der Waals surface area contributed by atoms with Crippen LogP contribution in [0.5, 0.6) is 0 Å². The number of hydrogen-bond donors (Lipinski definition) is 1. The molecule has 0 heterocycles. The molecule has 0 amide bonds. The second kappa shape index (κ2) is 5.65. The van der Waals surface area contributed by atoms with E-state index in [1.807, 2.05) is 19.9 Å². The van der Waals surface area contributed by atoms with E-state index in [2.05, 4.69) is 18.6 Å². The number of rotatable bonds is 5. The zero-order valence-corrected chi connectivity index (χ0v) is 11.8. The first kappa shape index (κ1) is 14.2. The highest BCUT2D eigenvalue weighted by molar-refractivity contribution is 7.89. The first-order valence-electron chi connectivity index (χ1n) is 5.90. The minimum atomic E-state index is -3.35. The highest BCUT2D eigenvalue weighted by Crippen LogP contribution is 2.14. The second-order valence-electron chi connectivity index (χ2n) is 4.83. The van der Waals surface area contributed by atoms with E-state index in [1.165, 1.54) is 0 Å². The molecule has 0 aliphatic carbocycles. The lowest BCUT2D eigenvalue weighted by molar-refractivity contribution is 0.551. The number of aryl methyl sites for hydroxylation is 2. The Balaban J connectivity index is 2.79. The van der Waals surface area contributed by atoms with Crippen molar-refractivity contribution < 1.29 is 8.42 Å². The van der Waals surface area contributed by atoms with E-state index in [0.717, 1.165) is 17.5 Å². The summed E-state index contributed by atoms with van der Waals surface area (Å²) in [4.78, 5) is 0.351. The molecule has 0 aromatic heterocycles. The van der Waals surface area contributed by atoms with Crippen molar-refractivity contribution in [2.45, 2.75) is 39.0 Å². The lowest BCUT2D eigenvalue weighted by atomic mass is 10.1. The molecule has 0 bridgehead atoms. The predicted octanol–water partition coefficient (Wildman–Crippen LogP) is 2.63. The van der Waals surface area contributed by atoms with Gasteiger partial charge in [-0.05, 0) is 49.4 Å². The Hall–Kier alpha value is -0.870. The summed E-state index contributed by atoms with van der Waals surface area (Å²) in [5, 5.41) is 0. The molecule has 1 aromatic rings. The van der Waals surface area contributed by atoms with Gasteiger partial charge in [-0.2, -0.15) is 0 Å². The highest BCUT2D eigenvalue weighted by atomic mass is 32.2. The average molecular weight is 255 g/mol. The molecule has 1 aromatic carbocycles. The van der Waals surface area contributed by atoms with Crippen LogP contribution in [0.25, 0.3) is 0 Å². The second-order valence-corrected chi connectivity index (χ2v) is 6.59. The van der Waals surface area contributed by atoms with Gasteiger partial charge in [0.25, 0.3) is 0 Å². The summed E-state index contributed by atoms with van der Waals surface area (Å²) >= 11 is 0. The molecule has 0 aliphatic heterocycles. The molecular weight excluding hydrogens is 234 g/mol. The van der Waals surface area contributed by atoms with Gasteiger partial charge in [0.15, 0.2) is 0 Å². The fraction of sp³-hybridized carbons (Fsp3) is 0.538. The van der Waals surface area contributed by atoms with E-state index >= 15 is 0 Å². The highest BCUT2D eigenvalue weighted by Gasteiger charge is 2.13. The minimum absolute atomic E-state index is 0.351. The van der Waals surface area contributed by atoms with Crippen molar-refractivity contribution in [3.63, 3.8) is 0 Å². The van der Waals surface area contributed by atoms with Crippen molar-refractivity contribution >= 4 is 10.0 Å². The maximum Gasteiger partial charge on any atom is 0.240 e. The van der Waals surface area contributed by atoms with Gasteiger partial charge in [-0.1, -0.05) is 19.9 Å².